The highest BCUT2D eigenvalue weighted by molar-refractivity contribution is 7.93. The van der Waals surface area contributed by atoms with E-state index in [1.54, 1.807) is 37.3 Å². The second-order valence-corrected chi connectivity index (χ2v) is 6.72. The third kappa shape index (κ3) is 2.63. The third-order valence-corrected chi connectivity index (χ3v) is 5.50. The van der Waals surface area contributed by atoms with Gasteiger partial charge in [0.2, 0.25) is 0 Å². The van der Waals surface area contributed by atoms with E-state index in [1.165, 1.54) is 14.1 Å². The van der Waals surface area contributed by atoms with E-state index in [9.17, 15) is 18.0 Å². The fourth-order valence-electron chi connectivity index (χ4n) is 2.27. The lowest BCUT2D eigenvalue weighted by Crippen LogP contribution is -2.44. The Morgan fingerprint density at radius 3 is 2.17 bits per heavy atom. The molecule has 1 aromatic carbocycles. The van der Waals surface area contributed by atoms with Crippen LogP contribution in [-0.2, 0) is 24.1 Å². The van der Waals surface area contributed by atoms with Crippen molar-refractivity contribution in [2.45, 2.75) is 11.8 Å². The molecule has 0 atom stereocenters. The van der Waals surface area contributed by atoms with E-state index in [1.807, 2.05) is 0 Å². The molecule has 0 aliphatic carbocycles. The van der Waals surface area contributed by atoms with Gasteiger partial charge in [0, 0.05) is 20.6 Å². The molecular formula is C14H18N4O4S. The summed E-state index contributed by atoms with van der Waals surface area (Å²) < 4.78 is 28.6. The van der Waals surface area contributed by atoms with Crippen molar-refractivity contribution in [2.75, 3.05) is 16.6 Å². The zero-order valence-electron chi connectivity index (χ0n) is 13.1. The first-order chi connectivity index (χ1) is 10.7. The monoisotopic (exact) mass is 338 g/mol. The lowest BCUT2D eigenvalue weighted by molar-refractivity contribution is 0.583. The van der Waals surface area contributed by atoms with Gasteiger partial charge in [-0.2, -0.15) is 0 Å². The van der Waals surface area contributed by atoms with Gasteiger partial charge in [-0.25, -0.2) is 13.2 Å². The molecule has 2 aromatic rings. The van der Waals surface area contributed by atoms with Crippen LogP contribution in [0.25, 0.3) is 0 Å². The number of nitrogen functional groups attached to an aromatic ring is 1. The first-order valence-electron chi connectivity index (χ1n) is 6.86. The topological polar surface area (TPSA) is 107 Å². The number of hydrogen-bond acceptors (Lipinski definition) is 5. The first-order valence-corrected chi connectivity index (χ1v) is 8.30. The van der Waals surface area contributed by atoms with Crippen LogP contribution in [0.3, 0.4) is 0 Å². The summed E-state index contributed by atoms with van der Waals surface area (Å²) in [5, 5.41) is 0. The van der Waals surface area contributed by atoms with Crippen LogP contribution >= 0.6 is 0 Å². The molecule has 0 bridgehead atoms. The number of hydrogen-bond donors (Lipinski definition) is 1. The summed E-state index contributed by atoms with van der Waals surface area (Å²) in [6, 6.07) is 8.36. The molecule has 0 fully saturated rings. The Morgan fingerprint density at radius 1 is 1.09 bits per heavy atom. The summed E-state index contributed by atoms with van der Waals surface area (Å²) in [5.41, 5.74) is 4.53. The van der Waals surface area contributed by atoms with E-state index in [4.69, 9.17) is 5.73 Å². The van der Waals surface area contributed by atoms with Crippen molar-refractivity contribution in [2.24, 2.45) is 14.1 Å². The van der Waals surface area contributed by atoms with Crippen molar-refractivity contribution in [1.29, 1.82) is 0 Å². The minimum absolute atomic E-state index is 0.109. The van der Waals surface area contributed by atoms with Gasteiger partial charge in [0.15, 0.2) is 4.90 Å². The van der Waals surface area contributed by atoms with E-state index >= 15 is 0 Å². The van der Waals surface area contributed by atoms with Crippen molar-refractivity contribution in [1.82, 2.24) is 9.13 Å². The van der Waals surface area contributed by atoms with Crippen LogP contribution in [0.4, 0.5) is 11.5 Å². The molecule has 0 amide bonds. The average Bonchev–Trinajstić information content (AvgIpc) is 2.52. The molecule has 124 valence electrons. The minimum Gasteiger partial charge on any atom is -0.384 e. The summed E-state index contributed by atoms with van der Waals surface area (Å²) >= 11 is 0. The van der Waals surface area contributed by atoms with Gasteiger partial charge >= 0.3 is 5.69 Å². The Balaban J connectivity index is 2.80. The Morgan fingerprint density at radius 2 is 1.65 bits per heavy atom. The van der Waals surface area contributed by atoms with Crippen molar-refractivity contribution < 1.29 is 8.42 Å². The van der Waals surface area contributed by atoms with E-state index < -0.39 is 26.2 Å². The lowest BCUT2D eigenvalue weighted by Gasteiger charge is -2.23. The fraction of sp³-hybridized carbons (Fsp3) is 0.286. The Labute approximate surface area is 133 Å². The molecule has 1 heterocycles. The summed E-state index contributed by atoms with van der Waals surface area (Å²) in [7, 11) is -1.69. The maximum absolute atomic E-state index is 12.9. The Bertz CT molecular complexity index is 945. The predicted molar refractivity (Wildman–Crippen MR) is 88.0 cm³/mol. The maximum atomic E-state index is 12.9. The molecule has 0 aliphatic heterocycles. The zero-order chi connectivity index (χ0) is 17.4. The molecule has 23 heavy (non-hydrogen) atoms. The van der Waals surface area contributed by atoms with Crippen LogP contribution < -0.4 is 21.3 Å². The van der Waals surface area contributed by atoms with Gasteiger partial charge in [-0.3, -0.25) is 18.2 Å². The second kappa shape index (κ2) is 5.92. The molecule has 0 unspecified atom stereocenters. The molecule has 9 heteroatoms. The summed E-state index contributed by atoms with van der Waals surface area (Å²) in [5.74, 6) is -0.382. The fourth-order valence-corrected chi connectivity index (χ4v) is 3.99. The maximum Gasteiger partial charge on any atom is 0.332 e. The Hall–Kier alpha value is -2.55. The van der Waals surface area contributed by atoms with E-state index in [0.29, 0.717) is 5.69 Å². The smallest absolute Gasteiger partial charge is 0.332 e. The van der Waals surface area contributed by atoms with Crippen molar-refractivity contribution in [3.05, 3.63) is 51.2 Å². The molecule has 8 nitrogen and oxygen atoms in total. The predicted octanol–water partition coefficient (Wildman–Crippen LogP) is -0.119. The number of nitrogens with two attached hydrogens (primary N) is 1. The van der Waals surface area contributed by atoms with Crippen molar-refractivity contribution in [3.8, 4) is 0 Å². The minimum atomic E-state index is -4.21. The quantitative estimate of drug-likeness (QED) is 0.836. The van der Waals surface area contributed by atoms with Crippen LogP contribution in [0.1, 0.15) is 6.92 Å². The number of anilines is 2. The molecule has 0 saturated carbocycles. The SMILES string of the molecule is CCN(c1ccccc1)S(=O)(=O)c1c(N)n(C)c(=O)n(C)c1=O. The lowest BCUT2D eigenvalue weighted by atomic mass is 10.3. The van der Waals surface area contributed by atoms with Gasteiger partial charge in [0.05, 0.1) is 5.69 Å². The number of aromatic nitrogens is 2. The zero-order valence-corrected chi connectivity index (χ0v) is 13.9. The number of para-hydroxylation sites is 1. The number of sulfonamides is 1. The van der Waals surface area contributed by atoms with Crippen molar-refractivity contribution in [3.63, 3.8) is 0 Å². The second-order valence-electron chi connectivity index (χ2n) is 4.93. The van der Waals surface area contributed by atoms with Crippen LogP contribution in [0.5, 0.6) is 0 Å². The highest BCUT2D eigenvalue weighted by Crippen LogP contribution is 2.23. The largest absolute Gasteiger partial charge is 0.384 e. The molecule has 0 aliphatic rings. The van der Waals surface area contributed by atoms with Gasteiger partial charge in [-0.1, -0.05) is 18.2 Å². The molecular weight excluding hydrogens is 320 g/mol. The van der Waals surface area contributed by atoms with E-state index in [0.717, 1.165) is 13.4 Å². The van der Waals surface area contributed by atoms with Gasteiger partial charge in [-0.05, 0) is 19.1 Å². The molecule has 0 radical (unpaired) electrons. The number of benzene rings is 1. The highest BCUT2D eigenvalue weighted by atomic mass is 32.2. The molecule has 2 rings (SSSR count). The van der Waals surface area contributed by atoms with Gasteiger partial charge in [-0.15, -0.1) is 0 Å². The van der Waals surface area contributed by atoms with E-state index in [-0.39, 0.29) is 12.4 Å². The summed E-state index contributed by atoms with van der Waals surface area (Å²) in [6.45, 7) is 1.75. The van der Waals surface area contributed by atoms with Crippen LogP contribution in [0, 0.1) is 0 Å². The number of nitrogens with zero attached hydrogens (tertiary/aromatic N) is 3. The average molecular weight is 338 g/mol. The standard InChI is InChI=1S/C14H18N4O4S/c1-4-18(10-8-6-5-7-9-10)23(21,22)11-12(15)16(2)14(20)17(3)13(11)19/h5-9H,4,15H2,1-3H3. The van der Waals surface area contributed by atoms with Crippen LogP contribution in [0.2, 0.25) is 0 Å². The highest BCUT2D eigenvalue weighted by Gasteiger charge is 2.31. The van der Waals surface area contributed by atoms with Gasteiger partial charge in [0.25, 0.3) is 15.6 Å². The molecule has 0 saturated heterocycles. The van der Waals surface area contributed by atoms with Gasteiger partial charge in [0.1, 0.15) is 5.82 Å². The third-order valence-electron chi connectivity index (χ3n) is 3.55. The van der Waals surface area contributed by atoms with E-state index in [2.05, 4.69) is 0 Å². The van der Waals surface area contributed by atoms with Crippen LogP contribution in [0.15, 0.2) is 44.8 Å². The first kappa shape index (κ1) is 16.8. The van der Waals surface area contributed by atoms with Crippen molar-refractivity contribution >= 4 is 21.5 Å². The van der Waals surface area contributed by atoms with Gasteiger partial charge < -0.3 is 5.73 Å². The molecule has 2 N–H and O–H groups in total. The summed E-state index contributed by atoms with van der Waals surface area (Å²) in [4.78, 5) is 23.6. The normalized spacial score (nSPS) is 11.4. The van der Waals surface area contributed by atoms with Crippen LogP contribution in [-0.4, -0.2) is 24.1 Å². The molecule has 1 aromatic heterocycles. The Kier molecular flexibility index (Phi) is 4.33. The molecule has 0 spiro atoms. The summed E-state index contributed by atoms with van der Waals surface area (Å²) in [6.07, 6.45) is 0. The number of rotatable bonds is 4.